The van der Waals surface area contributed by atoms with Gasteiger partial charge in [0.15, 0.2) is 0 Å². The molecule has 0 bridgehead atoms. The number of piperidine rings is 2. The van der Waals surface area contributed by atoms with E-state index in [9.17, 15) is 24.0 Å². The molecular weight excluding hydrogens is 632 g/mol. The first-order chi connectivity index (χ1) is 23.4. The number of carbonyl (C=O) groups excluding carboxylic acids is 5. The van der Waals surface area contributed by atoms with Gasteiger partial charge in [0, 0.05) is 25.5 Å². The van der Waals surface area contributed by atoms with Crippen molar-refractivity contribution in [1.82, 2.24) is 39.6 Å². The van der Waals surface area contributed by atoms with Gasteiger partial charge in [0.05, 0.1) is 12.4 Å². The number of ether oxygens (including phenoxy) is 1. The van der Waals surface area contributed by atoms with Crippen LogP contribution in [0.2, 0.25) is 0 Å². The molecule has 49 heavy (non-hydrogen) atoms. The van der Waals surface area contributed by atoms with Gasteiger partial charge in [-0.1, -0.05) is 12.1 Å². The maximum absolute atomic E-state index is 13.2. The van der Waals surface area contributed by atoms with Crippen LogP contribution in [0, 0.1) is 0 Å². The van der Waals surface area contributed by atoms with Gasteiger partial charge in [-0.05, 0) is 83.8 Å². The van der Waals surface area contributed by atoms with Crippen LogP contribution in [-0.2, 0) is 14.3 Å². The molecular formula is C33H38N10O6. The lowest BCUT2D eigenvalue weighted by molar-refractivity contribution is -0.124. The first kappa shape index (κ1) is 32.1. The molecule has 16 heteroatoms. The standard InChI is InChI=1S/C19H23N5O4.C14H15N5O2/c1-18(2,3)28-17(27)22-10-7-19(8-11-22)15(25)24(16(26)21-19)14-12-20-13-6-4-5-9-23(13)14;20-12-14(4-6-15-7-5-14)17-13(21)19(12)11-9-16-10-3-1-2-8-18(10)11/h4-6,9,12H,7-8,10-11H2,1-3H3,(H,21,26);1-3,8-9,15H,4-7H2,(H,17,21). The van der Waals surface area contributed by atoms with E-state index in [1.165, 1.54) is 11.1 Å². The quantitative estimate of drug-likeness (QED) is 0.271. The van der Waals surface area contributed by atoms with Crippen LogP contribution in [0.4, 0.5) is 26.0 Å². The number of urea groups is 2. The number of anilines is 2. The minimum absolute atomic E-state index is 0.181. The molecule has 7 amide bonds. The number of nitrogens with zero attached hydrogens (tertiary/aromatic N) is 7. The summed E-state index contributed by atoms with van der Waals surface area (Å²) < 4.78 is 8.85. The fraction of sp³-hybridized carbons (Fsp3) is 0.424. The molecule has 16 nitrogen and oxygen atoms in total. The van der Waals surface area contributed by atoms with E-state index in [1.807, 2.05) is 51.1 Å². The molecule has 0 saturated carbocycles. The number of fused-ring (bicyclic) bond motifs is 2. The van der Waals surface area contributed by atoms with Gasteiger partial charge in [0.1, 0.15) is 39.6 Å². The second-order valence-electron chi connectivity index (χ2n) is 13.6. The molecule has 0 atom stereocenters. The van der Waals surface area contributed by atoms with E-state index in [4.69, 9.17) is 4.74 Å². The van der Waals surface area contributed by atoms with E-state index in [-0.39, 0.29) is 17.8 Å². The largest absolute Gasteiger partial charge is 0.444 e. The van der Waals surface area contributed by atoms with Gasteiger partial charge in [-0.2, -0.15) is 0 Å². The Morgan fingerprint density at radius 2 is 1.20 bits per heavy atom. The van der Waals surface area contributed by atoms with Crippen LogP contribution in [0.1, 0.15) is 46.5 Å². The van der Waals surface area contributed by atoms with E-state index in [2.05, 4.69) is 25.9 Å². The summed E-state index contributed by atoms with van der Waals surface area (Å²) in [4.78, 5) is 75.7. The number of nitrogens with one attached hydrogen (secondary N) is 3. The monoisotopic (exact) mass is 670 g/mol. The molecule has 3 N–H and O–H groups in total. The highest BCUT2D eigenvalue weighted by molar-refractivity contribution is 6.24. The van der Waals surface area contributed by atoms with Crippen LogP contribution in [0.3, 0.4) is 0 Å². The smallest absolute Gasteiger partial charge is 0.410 e. The van der Waals surface area contributed by atoms with Gasteiger partial charge >= 0.3 is 18.2 Å². The van der Waals surface area contributed by atoms with E-state index in [0.29, 0.717) is 61.7 Å². The molecule has 0 aliphatic carbocycles. The molecule has 8 rings (SSSR count). The number of pyridine rings is 2. The SMILES string of the molecule is CC(C)(C)OC(=O)N1CCC2(CC1)NC(=O)N(c1cnc3ccccn13)C2=O.O=C1NC2(CCNCC2)C(=O)N1c1cnc2ccccn12. The lowest BCUT2D eigenvalue weighted by Crippen LogP contribution is -2.56. The molecule has 0 aromatic carbocycles. The summed E-state index contributed by atoms with van der Waals surface area (Å²) >= 11 is 0. The number of likely N-dealkylation sites (tertiary alicyclic amines) is 1. The van der Waals surface area contributed by atoms with Crippen molar-refractivity contribution in [2.45, 2.75) is 63.1 Å². The average molecular weight is 671 g/mol. The van der Waals surface area contributed by atoms with Crippen molar-refractivity contribution in [3.8, 4) is 0 Å². The van der Waals surface area contributed by atoms with Gasteiger partial charge in [-0.15, -0.1) is 0 Å². The number of carbonyl (C=O) groups is 5. The van der Waals surface area contributed by atoms with E-state index >= 15 is 0 Å². The molecule has 256 valence electrons. The molecule has 2 spiro atoms. The number of amides is 7. The molecule has 8 heterocycles. The van der Waals surface area contributed by atoms with E-state index in [1.54, 1.807) is 38.4 Å². The molecule has 4 aromatic rings. The third-order valence-corrected chi connectivity index (χ3v) is 9.30. The zero-order chi connectivity index (χ0) is 34.6. The number of imidazole rings is 2. The third kappa shape index (κ3) is 5.60. The minimum atomic E-state index is -1.01. The molecule has 0 radical (unpaired) electrons. The zero-order valence-electron chi connectivity index (χ0n) is 27.5. The van der Waals surface area contributed by atoms with Gasteiger partial charge in [0.2, 0.25) is 0 Å². The highest BCUT2D eigenvalue weighted by Gasteiger charge is 2.55. The molecule has 4 aliphatic heterocycles. The van der Waals surface area contributed by atoms with Crippen LogP contribution in [0.25, 0.3) is 11.3 Å². The maximum Gasteiger partial charge on any atom is 0.410 e. The molecule has 0 unspecified atom stereocenters. The first-order valence-electron chi connectivity index (χ1n) is 16.3. The molecule has 4 aromatic heterocycles. The molecule has 4 saturated heterocycles. The summed E-state index contributed by atoms with van der Waals surface area (Å²) in [6, 6.07) is 10.2. The predicted molar refractivity (Wildman–Crippen MR) is 177 cm³/mol. The summed E-state index contributed by atoms with van der Waals surface area (Å²) in [7, 11) is 0. The van der Waals surface area contributed by atoms with Gasteiger partial charge in [-0.3, -0.25) is 18.4 Å². The summed E-state index contributed by atoms with van der Waals surface area (Å²) in [6.07, 6.45) is 8.14. The van der Waals surface area contributed by atoms with Gasteiger partial charge < -0.3 is 25.6 Å². The molecule has 4 aliphatic rings. The second-order valence-corrected chi connectivity index (χ2v) is 13.6. The number of rotatable bonds is 2. The van der Waals surface area contributed by atoms with Crippen LogP contribution < -0.4 is 25.8 Å². The fourth-order valence-electron chi connectivity index (χ4n) is 6.75. The Hall–Kier alpha value is -5.51. The Kier molecular flexibility index (Phi) is 7.77. The summed E-state index contributed by atoms with van der Waals surface area (Å²) in [6.45, 7) is 7.56. The number of aromatic nitrogens is 4. The number of imide groups is 2. The third-order valence-electron chi connectivity index (χ3n) is 9.30. The van der Waals surface area contributed by atoms with Crippen LogP contribution in [-0.4, -0.2) is 96.5 Å². The van der Waals surface area contributed by atoms with Crippen molar-refractivity contribution < 1.29 is 28.7 Å². The zero-order valence-corrected chi connectivity index (χ0v) is 27.5. The second kappa shape index (κ2) is 11.9. The lowest BCUT2D eigenvalue weighted by Gasteiger charge is -2.37. The van der Waals surface area contributed by atoms with Gasteiger partial charge in [-0.25, -0.2) is 34.2 Å². The van der Waals surface area contributed by atoms with Crippen molar-refractivity contribution in [3.63, 3.8) is 0 Å². The van der Waals surface area contributed by atoms with Gasteiger partial charge in [0.25, 0.3) is 11.8 Å². The van der Waals surface area contributed by atoms with Crippen molar-refractivity contribution in [2.24, 2.45) is 0 Å². The topological polar surface area (TPSA) is 175 Å². The number of hydrogen-bond acceptors (Lipinski definition) is 9. The van der Waals surface area contributed by atoms with Crippen LogP contribution in [0.15, 0.2) is 61.2 Å². The average Bonchev–Trinajstić information content (AvgIpc) is 3.80. The summed E-state index contributed by atoms with van der Waals surface area (Å²) in [5, 5.41) is 8.94. The fourth-order valence-corrected chi connectivity index (χ4v) is 6.75. The predicted octanol–water partition coefficient (Wildman–Crippen LogP) is 2.67. The Labute approximate surface area is 281 Å². The van der Waals surface area contributed by atoms with E-state index in [0.717, 1.165) is 18.0 Å². The van der Waals surface area contributed by atoms with Crippen LogP contribution >= 0.6 is 0 Å². The van der Waals surface area contributed by atoms with Crippen molar-refractivity contribution in [1.29, 1.82) is 0 Å². The molecule has 4 fully saturated rings. The van der Waals surface area contributed by atoms with Crippen molar-refractivity contribution in [2.75, 3.05) is 36.0 Å². The summed E-state index contributed by atoms with van der Waals surface area (Å²) in [5.74, 6) is 0.402. The Balaban J connectivity index is 0.000000160. The Morgan fingerprint density at radius 3 is 1.67 bits per heavy atom. The minimum Gasteiger partial charge on any atom is -0.444 e. The Bertz CT molecular complexity index is 1960. The first-order valence-corrected chi connectivity index (χ1v) is 16.3. The van der Waals surface area contributed by atoms with Crippen molar-refractivity contribution >= 4 is 52.9 Å². The maximum atomic E-state index is 13.2. The van der Waals surface area contributed by atoms with E-state index < -0.39 is 28.8 Å². The normalized spacial score (nSPS) is 20.2. The Morgan fingerprint density at radius 1 is 0.735 bits per heavy atom. The van der Waals surface area contributed by atoms with Crippen LogP contribution in [0.5, 0.6) is 0 Å². The highest BCUT2D eigenvalue weighted by atomic mass is 16.6. The lowest BCUT2D eigenvalue weighted by atomic mass is 9.87. The number of hydrogen-bond donors (Lipinski definition) is 3. The summed E-state index contributed by atoms with van der Waals surface area (Å²) in [5.41, 5.74) is -0.989. The van der Waals surface area contributed by atoms with Crippen molar-refractivity contribution in [3.05, 3.63) is 61.2 Å². The highest BCUT2D eigenvalue weighted by Crippen LogP contribution is 2.34.